The van der Waals surface area contributed by atoms with E-state index in [1.54, 1.807) is 19.1 Å². The zero-order chi connectivity index (χ0) is 28.1. The Hall–Kier alpha value is -3.80. The molecule has 3 atom stereocenters. The fraction of sp³-hybridized carbons (Fsp3) is 0.333. The predicted molar refractivity (Wildman–Crippen MR) is 143 cm³/mol. The minimum atomic E-state index is -1.16. The molecule has 206 valence electrons. The molecule has 1 aliphatic rings. The average Bonchev–Trinajstić information content (AvgIpc) is 3.48. The van der Waals surface area contributed by atoms with Gasteiger partial charge in [0, 0.05) is 42.6 Å². The summed E-state index contributed by atoms with van der Waals surface area (Å²) in [6, 6.07) is 4.74. The number of benzene rings is 1. The molecule has 39 heavy (non-hydrogen) atoms. The number of halogens is 3. The Bertz CT molecular complexity index is 1480. The maximum atomic E-state index is 14.0. The Balaban J connectivity index is 1.68. The molecular weight excluding hydrogens is 578 g/mol. The molecule has 0 bridgehead atoms. The van der Waals surface area contributed by atoms with Gasteiger partial charge in [0.05, 0.1) is 11.2 Å². The van der Waals surface area contributed by atoms with Gasteiger partial charge in [-0.3, -0.25) is 14.4 Å². The summed E-state index contributed by atoms with van der Waals surface area (Å²) < 4.78 is 34.3. The molecule has 1 saturated heterocycles. The van der Waals surface area contributed by atoms with Crippen LogP contribution in [-0.2, 0) is 25.5 Å². The van der Waals surface area contributed by atoms with Gasteiger partial charge in [-0.25, -0.2) is 13.6 Å². The van der Waals surface area contributed by atoms with Crippen LogP contribution in [0.25, 0.3) is 10.9 Å². The third-order valence-electron chi connectivity index (χ3n) is 6.51. The first kappa shape index (κ1) is 28.2. The van der Waals surface area contributed by atoms with Crippen molar-refractivity contribution in [1.29, 1.82) is 0 Å². The first-order chi connectivity index (χ1) is 18.7. The van der Waals surface area contributed by atoms with Gasteiger partial charge in [0.2, 0.25) is 11.8 Å². The van der Waals surface area contributed by atoms with E-state index in [1.807, 2.05) is 0 Å². The SMILES string of the molecule is CCOC(=O)/C=C/[C@H](C[C@@H]1CCNC1=O)NC(=O)[C@H](Cc1ccc(F)c(F)c1)n1ccc2cc(Br)[nH]c2c1=O. The second-order valence-corrected chi connectivity index (χ2v) is 10.0. The second kappa shape index (κ2) is 12.4. The molecule has 0 spiro atoms. The van der Waals surface area contributed by atoms with Gasteiger partial charge >= 0.3 is 5.97 Å². The Morgan fingerprint density at radius 2 is 2.03 bits per heavy atom. The molecule has 1 aromatic carbocycles. The number of H-pyrrole nitrogens is 1. The van der Waals surface area contributed by atoms with Gasteiger partial charge in [-0.15, -0.1) is 0 Å². The lowest BCUT2D eigenvalue weighted by Crippen LogP contribution is -2.43. The number of nitrogens with zero attached hydrogens (tertiary/aromatic N) is 1. The first-order valence-electron chi connectivity index (χ1n) is 12.4. The lowest BCUT2D eigenvalue weighted by molar-refractivity contribution is -0.137. The van der Waals surface area contributed by atoms with Crippen molar-refractivity contribution in [1.82, 2.24) is 20.2 Å². The van der Waals surface area contributed by atoms with Crippen LogP contribution in [0.4, 0.5) is 8.78 Å². The van der Waals surface area contributed by atoms with Crippen molar-refractivity contribution in [3.8, 4) is 0 Å². The molecule has 9 nitrogen and oxygen atoms in total. The number of esters is 1. The summed E-state index contributed by atoms with van der Waals surface area (Å²) in [6.45, 7) is 2.33. The Labute approximate surface area is 230 Å². The number of ether oxygens (including phenoxy) is 1. The van der Waals surface area contributed by atoms with Crippen molar-refractivity contribution in [3.05, 3.63) is 80.8 Å². The number of rotatable bonds is 10. The minimum Gasteiger partial charge on any atom is -0.463 e. The Kier molecular flexibility index (Phi) is 8.95. The maximum absolute atomic E-state index is 14.0. The van der Waals surface area contributed by atoms with Crippen molar-refractivity contribution in [2.24, 2.45) is 5.92 Å². The molecule has 0 unspecified atom stereocenters. The number of hydrogen-bond donors (Lipinski definition) is 3. The van der Waals surface area contributed by atoms with Crippen LogP contribution < -0.4 is 16.2 Å². The van der Waals surface area contributed by atoms with E-state index >= 15 is 0 Å². The third-order valence-corrected chi connectivity index (χ3v) is 6.94. The molecule has 3 heterocycles. The summed E-state index contributed by atoms with van der Waals surface area (Å²) in [5.41, 5.74) is 0.0612. The number of carbonyl (C=O) groups excluding carboxylic acids is 3. The van der Waals surface area contributed by atoms with Gasteiger partial charge in [-0.1, -0.05) is 12.1 Å². The molecule has 4 rings (SSSR count). The lowest BCUT2D eigenvalue weighted by Gasteiger charge is -2.24. The monoisotopic (exact) mass is 604 g/mol. The van der Waals surface area contributed by atoms with Crippen LogP contribution in [0.15, 0.2) is 58.1 Å². The van der Waals surface area contributed by atoms with E-state index in [1.165, 1.54) is 29.0 Å². The molecule has 2 aromatic heterocycles. The number of amides is 2. The van der Waals surface area contributed by atoms with Crippen molar-refractivity contribution in [2.45, 2.75) is 38.3 Å². The highest BCUT2D eigenvalue weighted by molar-refractivity contribution is 9.10. The summed E-state index contributed by atoms with van der Waals surface area (Å²) in [7, 11) is 0. The third kappa shape index (κ3) is 6.80. The summed E-state index contributed by atoms with van der Waals surface area (Å²) in [6.07, 6.45) is 4.74. The van der Waals surface area contributed by atoms with Gasteiger partial charge < -0.3 is 24.9 Å². The topological polar surface area (TPSA) is 122 Å². The molecule has 12 heteroatoms. The number of aromatic amines is 1. The van der Waals surface area contributed by atoms with Crippen LogP contribution in [0.5, 0.6) is 0 Å². The quantitative estimate of drug-likeness (QED) is 0.242. The van der Waals surface area contributed by atoms with Crippen molar-refractivity contribution >= 4 is 44.6 Å². The van der Waals surface area contributed by atoms with Crippen LogP contribution in [0, 0.1) is 17.6 Å². The second-order valence-electron chi connectivity index (χ2n) is 9.18. The van der Waals surface area contributed by atoms with E-state index in [2.05, 4.69) is 31.5 Å². The molecule has 1 fully saturated rings. The van der Waals surface area contributed by atoms with Crippen molar-refractivity contribution < 1.29 is 27.9 Å². The number of aromatic nitrogens is 2. The molecule has 2 amide bonds. The number of pyridine rings is 1. The lowest BCUT2D eigenvalue weighted by atomic mass is 9.97. The zero-order valence-electron chi connectivity index (χ0n) is 21.0. The molecule has 0 saturated carbocycles. The minimum absolute atomic E-state index is 0.130. The fourth-order valence-corrected chi connectivity index (χ4v) is 5.03. The Morgan fingerprint density at radius 3 is 2.72 bits per heavy atom. The fourth-order valence-electron chi connectivity index (χ4n) is 4.58. The molecular formula is C27H27BrF2N4O5. The van der Waals surface area contributed by atoms with Gasteiger partial charge in [-0.05, 0) is 65.5 Å². The number of carbonyl (C=O) groups is 3. The normalized spacial score (nSPS) is 16.8. The molecule has 3 aromatic rings. The van der Waals surface area contributed by atoms with Gasteiger partial charge in [0.25, 0.3) is 5.56 Å². The van der Waals surface area contributed by atoms with Gasteiger partial charge in [-0.2, -0.15) is 0 Å². The van der Waals surface area contributed by atoms with Crippen LogP contribution >= 0.6 is 15.9 Å². The van der Waals surface area contributed by atoms with Crippen LogP contribution in [-0.4, -0.2) is 46.5 Å². The van der Waals surface area contributed by atoms with Crippen LogP contribution in [0.1, 0.15) is 31.4 Å². The summed E-state index contributed by atoms with van der Waals surface area (Å²) in [4.78, 5) is 54.1. The largest absolute Gasteiger partial charge is 0.463 e. The van der Waals surface area contributed by atoms with E-state index < -0.39 is 41.2 Å². The van der Waals surface area contributed by atoms with E-state index in [-0.39, 0.29) is 36.8 Å². The molecule has 0 aliphatic carbocycles. The number of hydrogen-bond acceptors (Lipinski definition) is 5. The number of nitrogens with one attached hydrogen (secondary N) is 3. The summed E-state index contributed by atoms with van der Waals surface area (Å²) in [5, 5.41) is 6.19. The maximum Gasteiger partial charge on any atom is 0.330 e. The van der Waals surface area contributed by atoms with Crippen molar-refractivity contribution in [3.63, 3.8) is 0 Å². The highest BCUT2D eigenvalue weighted by atomic mass is 79.9. The molecule has 0 radical (unpaired) electrons. The van der Waals surface area contributed by atoms with E-state index in [0.29, 0.717) is 28.5 Å². The molecule has 3 N–H and O–H groups in total. The van der Waals surface area contributed by atoms with Crippen LogP contribution in [0.2, 0.25) is 0 Å². The van der Waals surface area contributed by atoms with Crippen LogP contribution in [0.3, 0.4) is 0 Å². The van der Waals surface area contributed by atoms with E-state index in [9.17, 15) is 28.0 Å². The average molecular weight is 605 g/mol. The van der Waals surface area contributed by atoms with Crippen molar-refractivity contribution in [2.75, 3.05) is 13.2 Å². The highest BCUT2D eigenvalue weighted by Crippen LogP contribution is 2.22. The van der Waals surface area contributed by atoms with E-state index in [4.69, 9.17) is 4.74 Å². The van der Waals surface area contributed by atoms with Gasteiger partial charge in [0.1, 0.15) is 11.6 Å². The van der Waals surface area contributed by atoms with Gasteiger partial charge in [0.15, 0.2) is 11.6 Å². The Morgan fingerprint density at radius 1 is 1.23 bits per heavy atom. The standard InChI is InChI=1S/C27H27BrF2N4O5/c1-2-39-23(35)6-4-18(13-17-7-9-31-25(17)36)32-26(37)21(12-15-3-5-19(29)20(30)11-15)34-10-8-16-14-22(28)33-24(16)27(34)38/h3-6,8,10-11,14,17-18,21,33H,2,7,9,12-13H2,1H3,(H,31,36)(H,32,37)/b6-4+/t17-,18+,21-/m0/s1. The zero-order valence-corrected chi connectivity index (χ0v) is 22.6. The first-order valence-corrected chi connectivity index (χ1v) is 13.2. The molecule has 1 aliphatic heterocycles. The predicted octanol–water partition coefficient (Wildman–Crippen LogP) is 3.28. The highest BCUT2D eigenvalue weighted by Gasteiger charge is 2.30. The smallest absolute Gasteiger partial charge is 0.330 e. The number of fused-ring (bicyclic) bond motifs is 1. The summed E-state index contributed by atoms with van der Waals surface area (Å²) in [5.74, 6) is -3.87. The summed E-state index contributed by atoms with van der Waals surface area (Å²) >= 11 is 3.30. The van der Waals surface area contributed by atoms with E-state index in [0.717, 1.165) is 12.1 Å².